The van der Waals surface area contributed by atoms with E-state index in [0.29, 0.717) is 0 Å². The van der Waals surface area contributed by atoms with Crippen molar-refractivity contribution >= 4 is 0 Å². The summed E-state index contributed by atoms with van der Waals surface area (Å²) in [5.41, 5.74) is 7.62. The monoisotopic (exact) mass is 343 g/mol. The largest absolute Gasteiger partial charge is 0.260 e. The first kappa shape index (κ1) is 18.4. The van der Waals surface area contributed by atoms with Gasteiger partial charge in [0.15, 0.2) is 0 Å². The molecule has 0 unspecified atom stereocenters. The maximum atomic E-state index is 4.64. The number of aromatic nitrogens is 1. The molecule has 0 aliphatic heterocycles. The summed E-state index contributed by atoms with van der Waals surface area (Å²) >= 11 is 0. The van der Waals surface area contributed by atoms with Gasteiger partial charge < -0.3 is 0 Å². The number of hydrogen-bond donors (Lipinski definition) is 0. The molecule has 1 heterocycles. The fraction of sp³-hybridized carbons (Fsp3) is 0.320. The molecule has 0 N–H and O–H groups in total. The highest BCUT2D eigenvalue weighted by Crippen LogP contribution is 2.28. The lowest BCUT2D eigenvalue weighted by molar-refractivity contribution is 0.569. The molecule has 0 aliphatic rings. The molecule has 1 nitrogen and oxygen atoms in total. The van der Waals surface area contributed by atoms with Crippen LogP contribution in [-0.4, -0.2) is 4.98 Å². The molecule has 0 aliphatic carbocycles. The van der Waals surface area contributed by atoms with Gasteiger partial charge in [-0.25, -0.2) is 0 Å². The van der Waals surface area contributed by atoms with Gasteiger partial charge in [0.05, 0.1) is 0 Å². The first-order valence-electron chi connectivity index (χ1n) is 9.32. The van der Waals surface area contributed by atoms with Crippen molar-refractivity contribution in [1.29, 1.82) is 0 Å². The Balaban J connectivity index is 1.82. The Labute approximate surface area is 158 Å². The zero-order chi connectivity index (χ0) is 18.9. The van der Waals surface area contributed by atoms with Crippen LogP contribution >= 0.6 is 0 Å². The van der Waals surface area contributed by atoms with Crippen LogP contribution in [0.4, 0.5) is 0 Å². The maximum absolute atomic E-state index is 4.64. The van der Waals surface area contributed by atoms with Crippen molar-refractivity contribution in [1.82, 2.24) is 4.98 Å². The lowest BCUT2D eigenvalue weighted by Crippen LogP contribution is -2.12. The van der Waals surface area contributed by atoms with Gasteiger partial charge in [0.2, 0.25) is 0 Å². The molecule has 0 bridgehead atoms. The van der Waals surface area contributed by atoms with E-state index in [1.807, 2.05) is 6.20 Å². The number of pyridine rings is 1. The van der Waals surface area contributed by atoms with E-state index in [4.69, 9.17) is 0 Å². The summed E-state index contributed by atoms with van der Waals surface area (Å²) < 4.78 is 0. The van der Waals surface area contributed by atoms with E-state index in [1.165, 1.54) is 22.3 Å². The minimum absolute atomic E-state index is 0.0849. The van der Waals surface area contributed by atoms with Crippen molar-refractivity contribution < 1.29 is 0 Å². The molecule has 0 radical (unpaired) electrons. The van der Waals surface area contributed by atoms with E-state index in [1.54, 1.807) is 0 Å². The van der Waals surface area contributed by atoms with Crippen LogP contribution in [0.15, 0.2) is 66.9 Å². The molecule has 0 amide bonds. The zero-order valence-electron chi connectivity index (χ0n) is 16.8. The van der Waals surface area contributed by atoms with E-state index in [9.17, 15) is 0 Å². The van der Waals surface area contributed by atoms with Gasteiger partial charge in [0, 0.05) is 22.9 Å². The van der Waals surface area contributed by atoms with Crippen molar-refractivity contribution in [3.05, 3.63) is 78.1 Å². The molecular weight excluding hydrogens is 314 g/mol. The molecule has 3 rings (SSSR count). The smallest absolute Gasteiger partial charge is 0.0457 e. The van der Waals surface area contributed by atoms with Crippen LogP contribution in [0.3, 0.4) is 0 Å². The molecule has 1 heteroatoms. The quantitative estimate of drug-likeness (QED) is 0.487. The SMILES string of the molecule is CC(C)(C)c1ccc(-c2ccc(-c3ccc(C(C)(C)C)nc3)cc2)cc1. The van der Waals surface area contributed by atoms with Gasteiger partial charge in [-0.1, -0.05) is 96.1 Å². The fourth-order valence-corrected chi connectivity index (χ4v) is 3.03. The summed E-state index contributed by atoms with van der Waals surface area (Å²) in [4.78, 5) is 4.64. The summed E-state index contributed by atoms with van der Waals surface area (Å²) in [7, 11) is 0. The van der Waals surface area contributed by atoms with Crippen LogP contribution in [-0.2, 0) is 10.8 Å². The molecular formula is C25H29N. The molecule has 0 fully saturated rings. The Morgan fingerprint density at radius 2 is 0.923 bits per heavy atom. The first-order valence-corrected chi connectivity index (χ1v) is 9.32. The number of benzene rings is 2. The first-order chi connectivity index (χ1) is 12.1. The molecule has 26 heavy (non-hydrogen) atoms. The van der Waals surface area contributed by atoms with Crippen molar-refractivity contribution in [3.63, 3.8) is 0 Å². The standard InChI is InChI=1S/C25H29N/c1-24(2,3)22-14-11-19(12-15-22)18-7-9-20(10-8-18)21-13-16-23(26-17-21)25(4,5)6/h7-17H,1-6H3. The van der Waals surface area contributed by atoms with E-state index < -0.39 is 0 Å². The number of rotatable bonds is 2. The fourth-order valence-electron chi connectivity index (χ4n) is 3.03. The lowest BCUT2D eigenvalue weighted by Gasteiger charge is -2.19. The minimum atomic E-state index is 0.0849. The molecule has 2 aromatic carbocycles. The Hall–Kier alpha value is -2.41. The zero-order valence-corrected chi connectivity index (χ0v) is 16.8. The number of nitrogens with zero attached hydrogens (tertiary/aromatic N) is 1. The summed E-state index contributed by atoms with van der Waals surface area (Å²) in [5.74, 6) is 0. The van der Waals surface area contributed by atoms with Gasteiger partial charge >= 0.3 is 0 Å². The third-order valence-electron chi connectivity index (χ3n) is 4.83. The second kappa shape index (κ2) is 6.72. The van der Waals surface area contributed by atoms with Gasteiger partial charge in [0.25, 0.3) is 0 Å². The van der Waals surface area contributed by atoms with Crippen LogP contribution in [0.1, 0.15) is 52.8 Å². The Kier molecular flexibility index (Phi) is 4.75. The van der Waals surface area contributed by atoms with Gasteiger partial charge in [0.1, 0.15) is 0 Å². The maximum Gasteiger partial charge on any atom is 0.0457 e. The van der Waals surface area contributed by atoms with Crippen LogP contribution in [0, 0.1) is 0 Å². The highest BCUT2D eigenvalue weighted by molar-refractivity contribution is 5.70. The predicted molar refractivity (Wildman–Crippen MR) is 113 cm³/mol. The van der Waals surface area contributed by atoms with Crippen molar-refractivity contribution in [2.45, 2.75) is 52.4 Å². The molecule has 134 valence electrons. The summed E-state index contributed by atoms with van der Waals surface area (Å²) in [6, 6.07) is 22.0. The average molecular weight is 344 g/mol. The third-order valence-corrected chi connectivity index (χ3v) is 4.83. The van der Waals surface area contributed by atoms with Crippen LogP contribution < -0.4 is 0 Å². The van der Waals surface area contributed by atoms with Crippen LogP contribution in [0.2, 0.25) is 0 Å². The van der Waals surface area contributed by atoms with Gasteiger partial charge in [-0.3, -0.25) is 4.98 Å². The van der Waals surface area contributed by atoms with E-state index in [-0.39, 0.29) is 10.8 Å². The topological polar surface area (TPSA) is 12.9 Å². The molecule has 0 saturated heterocycles. The van der Waals surface area contributed by atoms with Crippen LogP contribution in [0.5, 0.6) is 0 Å². The molecule has 0 spiro atoms. The van der Waals surface area contributed by atoms with E-state index in [0.717, 1.165) is 11.3 Å². The molecule has 3 aromatic rings. The van der Waals surface area contributed by atoms with Crippen molar-refractivity contribution in [3.8, 4) is 22.3 Å². The lowest BCUT2D eigenvalue weighted by atomic mass is 9.86. The molecule has 0 saturated carbocycles. The normalized spacial score (nSPS) is 12.2. The van der Waals surface area contributed by atoms with E-state index >= 15 is 0 Å². The second-order valence-electron chi connectivity index (χ2n) is 9.09. The molecule has 1 aromatic heterocycles. The summed E-state index contributed by atoms with van der Waals surface area (Å²) in [5, 5.41) is 0. The summed E-state index contributed by atoms with van der Waals surface area (Å²) in [6.45, 7) is 13.3. The van der Waals surface area contributed by atoms with Gasteiger partial charge in [-0.05, 0) is 33.7 Å². The predicted octanol–water partition coefficient (Wildman–Crippen LogP) is 7.01. The van der Waals surface area contributed by atoms with Crippen molar-refractivity contribution in [2.24, 2.45) is 0 Å². The number of hydrogen-bond acceptors (Lipinski definition) is 1. The third kappa shape index (κ3) is 4.04. The van der Waals surface area contributed by atoms with Gasteiger partial charge in [-0.15, -0.1) is 0 Å². The van der Waals surface area contributed by atoms with Gasteiger partial charge in [-0.2, -0.15) is 0 Å². The van der Waals surface area contributed by atoms with Crippen molar-refractivity contribution in [2.75, 3.05) is 0 Å². The summed E-state index contributed by atoms with van der Waals surface area (Å²) in [6.07, 6.45) is 1.98. The minimum Gasteiger partial charge on any atom is -0.260 e. The highest BCUT2D eigenvalue weighted by Gasteiger charge is 2.15. The second-order valence-corrected chi connectivity index (χ2v) is 9.09. The highest BCUT2D eigenvalue weighted by atomic mass is 14.7. The average Bonchev–Trinajstić information content (AvgIpc) is 2.61. The Morgan fingerprint density at radius 1 is 0.500 bits per heavy atom. The van der Waals surface area contributed by atoms with E-state index in [2.05, 4.69) is 107 Å². The molecule has 0 atom stereocenters. The Morgan fingerprint density at radius 3 is 1.31 bits per heavy atom. The van der Waals surface area contributed by atoms with Crippen LogP contribution in [0.25, 0.3) is 22.3 Å². The Bertz CT molecular complexity index is 779.